The van der Waals surface area contributed by atoms with Crippen LogP contribution in [0.2, 0.25) is 0 Å². The Morgan fingerprint density at radius 1 is 0.233 bits per heavy atom. The number of unbranched alkanes of at least 4 members (excludes halogenated alkanes) is 59. The van der Waals surface area contributed by atoms with Crippen LogP contribution in [-0.4, -0.2) is 96.7 Å². The van der Waals surface area contributed by atoms with Crippen LogP contribution in [0.4, 0.5) is 0 Å². The average Bonchev–Trinajstić information content (AvgIpc) is 0.923. The topological polar surface area (TPSA) is 237 Å². The van der Waals surface area contributed by atoms with Gasteiger partial charge in [-0.15, -0.1) is 0 Å². The molecule has 5 atom stereocenters. The third kappa shape index (κ3) is 78.0. The molecule has 0 amide bonds. The molecule has 2 unspecified atom stereocenters. The zero-order chi connectivity index (χ0) is 75.3. The van der Waals surface area contributed by atoms with Gasteiger partial charge in [-0.25, -0.2) is 9.13 Å². The summed E-state index contributed by atoms with van der Waals surface area (Å²) in [5.41, 5.74) is 0. The summed E-state index contributed by atoms with van der Waals surface area (Å²) in [5.74, 6) is -2.11. The number of ether oxygens (including phenoxy) is 4. The van der Waals surface area contributed by atoms with E-state index in [1.165, 1.54) is 283 Å². The van der Waals surface area contributed by atoms with Crippen LogP contribution in [0.1, 0.15) is 458 Å². The highest BCUT2D eigenvalue weighted by molar-refractivity contribution is 7.47. The molecule has 0 aliphatic rings. The van der Waals surface area contributed by atoms with Gasteiger partial charge in [0.15, 0.2) is 12.2 Å². The van der Waals surface area contributed by atoms with Crippen molar-refractivity contribution in [2.75, 3.05) is 39.6 Å². The second kappa shape index (κ2) is 78.2. The first-order chi connectivity index (χ1) is 50.2. The molecule has 17 nitrogen and oxygen atoms in total. The second-order valence-electron chi connectivity index (χ2n) is 30.2. The van der Waals surface area contributed by atoms with Gasteiger partial charge in [0.1, 0.15) is 19.3 Å². The lowest BCUT2D eigenvalue weighted by Crippen LogP contribution is -2.30. The molecule has 0 aromatic heterocycles. The fraction of sp³-hybridized carbons (Fsp3) is 0.952. The first-order valence-electron chi connectivity index (χ1n) is 43.8. The van der Waals surface area contributed by atoms with Crippen molar-refractivity contribution in [2.45, 2.75) is 476 Å². The number of aliphatic hydroxyl groups excluding tert-OH is 1. The van der Waals surface area contributed by atoms with Gasteiger partial charge in [0.2, 0.25) is 0 Å². The zero-order valence-corrected chi connectivity index (χ0v) is 69.1. The molecule has 0 aromatic rings. The highest BCUT2D eigenvalue weighted by atomic mass is 31.2. The summed E-state index contributed by atoms with van der Waals surface area (Å²) in [5, 5.41) is 10.6. The minimum absolute atomic E-state index is 0.108. The van der Waals surface area contributed by atoms with Gasteiger partial charge in [-0.1, -0.05) is 407 Å². The lowest BCUT2D eigenvalue weighted by Gasteiger charge is -2.21. The lowest BCUT2D eigenvalue weighted by atomic mass is 10.0. The lowest BCUT2D eigenvalue weighted by molar-refractivity contribution is -0.161. The smallest absolute Gasteiger partial charge is 0.462 e. The SMILES string of the molecule is CCCCCCCCCCCCCCCCCCCCCCC(=O)OC[C@H](COP(=O)(O)OC[C@@H](O)COP(=O)(O)OC[C@@H](COC(=O)CCCCCCC)OC(=O)CCCCCCCCCCCCCCCCCCCC)OC(=O)CCCCCCCCCCCCCCCCCCCCCC. The van der Waals surface area contributed by atoms with Crippen LogP contribution in [-0.2, 0) is 65.4 Å². The minimum Gasteiger partial charge on any atom is -0.462 e. The molecule has 0 saturated carbocycles. The van der Waals surface area contributed by atoms with Gasteiger partial charge >= 0.3 is 39.5 Å². The molecule has 0 radical (unpaired) electrons. The highest BCUT2D eigenvalue weighted by Gasteiger charge is 2.30. The van der Waals surface area contributed by atoms with Crippen LogP contribution in [0.25, 0.3) is 0 Å². The maximum absolute atomic E-state index is 13.1. The number of phosphoric ester groups is 2. The van der Waals surface area contributed by atoms with E-state index in [-0.39, 0.29) is 25.7 Å². The average molecular weight is 1510 g/mol. The number of esters is 4. The number of carbonyl (C=O) groups excluding carboxylic acids is 4. The maximum Gasteiger partial charge on any atom is 0.472 e. The molecule has 0 rings (SSSR count). The molecule has 3 N–H and O–H groups in total. The van der Waals surface area contributed by atoms with E-state index in [0.29, 0.717) is 25.7 Å². The van der Waals surface area contributed by atoms with Crippen molar-refractivity contribution >= 4 is 39.5 Å². The minimum atomic E-state index is -4.96. The fourth-order valence-corrected chi connectivity index (χ4v) is 14.7. The van der Waals surface area contributed by atoms with Gasteiger partial charge in [-0.3, -0.25) is 37.3 Å². The Morgan fingerprint density at radius 2 is 0.388 bits per heavy atom. The summed E-state index contributed by atoms with van der Waals surface area (Å²) < 4.78 is 68.6. The Balaban J connectivity index is 5.10. The van der Waals surface area contributed by atoms with E-state index in [4.69, 9.17) is 37.0 Å². The van der Waals surface area contributed by atoms with Gasteiger partial charge in [-0.05, 0) is 25.7 Å². The van der Waals surface area contributed by atoms with Crippen molar-refractivity contribution in [1.29, 1.82) is 0 Å². The third-order valence-electron chi connectivity index (χ3n) is 19.9. The van der Waals surface area contributed by atoms with Crippen molar-refractivity contribution in [2.24, 2.45) is 0 Å². The Labute approximate surface area is 632 Å². The van der Waals surface area contributed by atoms with E-state index in [9.17, 15) is 43.2 Å². The van der Waals surface area contributed by atoms with Crippen LogP contribution in [0.5, 0.6) is 0 Å². The maximum atomic E-state index is 13.1. The monoisotopic (exact) mass is 1510 g/mol. The zero-order valence-electron chi connectivity index (χ0n) is 67.3. The number of phosphoric acid groups is 2. The van der Waals surface area contributed by atoms with Gasteiger partial charge in [0.05, 0.1) is 26.4 Å². The molecule has 19 heteroatoms. The number of carbonyl (C=O) groups is 4. The Hall–Kier alpha value is -1.94. The standard InChI is InChI=1S/C84H164O17P2/c1-5-9-13-17-20-23-26-29-32-35-38-40-43-45-48-51-54-57-61-65-69-82(87)95-75-80(101-84(89)71-67-63-59-56-53-50-47-44-41-39-36-33-30-27-24-21-18-14-10-6-2)77-99-103(92,93)97-73-78(85)72-96-102(90,91)98-76-79(74-94-81(86)68-64-60-16-12-8-4)100-83(88)70-66-62-58-55-52-49-46-42-37-34-31-28-25-22-19-15-11-7-3/h78-80,85H,5-77H2,1-4H3,(H,90,91)(H,92,93)/t78-,79+,80+/m0/s1. The number of hydrogen-bond acceptors (Lipinski definition) is 15. The van der Waals surface area contributed by atoms with Crippen LogP contribution >= 0.6 is 15.6 Å². The molecule has 0 spiro atoms. The second-order valence-corrected chi connectivity index (χ2v) is 33.1. The summed E-state index contributed by atoms with van der Waals surface area (Å²) in [6, 6.07) is 0. The van der Waals surface area contributed by atoms with E-state index in [0.717, 1.165) is 96.3 Å². The van der Waals surface area contributed by atoms with Gasteiger partial charge in [0, 0.05) is 25.7 Å². The molecular weight excluding hydrogens is 1340 g/mol. The Kier molecular flexibility index (Phi) is 76.7. The van der Waals surface area contributed by atoms with E-state index in [1.807, 2.05) is 0 Å². The van der Waals surface area contributed by atoms with E-state index in [1.54, 1.807) is 0 Å². The first-order valence-corrected chi connectivity index (χ1v) is 46.8. The van der Waals surface area contributed by atoms with E-state index >= 15 is 0 Å². The first kappa shape index (κ1) is 101. The van der Waals surface area contributed by atoms with Crippen LogP contribution in [0.3, 0.4) is 0 Å². The summed E-state index contributed by atoms with van der Waals surface area (Å²) >= 11 is 0. The molecule has 0 aliphatic heterocycles. The van der Waals surface area contributed by atoms with E-state index in [2.05, 4.69) is 27.7 Å². The summed E-state index contributed by atoms with van der Waals surface area (Å²) in [6.45, 7) is 4.95. The van der Waals surface area contributed by atoms with E-state index < -0.39 is 97.5 Å². The largest absolute Gasteiger partial charge is 0.472 e. The molecule has 0 saturated heterocycles. The van der Waals surface area contributed by atoms with Crippen LogP contribution < -0.4 is 0 Å². The molecule has 0 aliphatic carbocycles. The molecular formula is C84H164O17P2. The molecule has 103 heavy (non-hydrogen) atoms. The van der Waals surface area contributed by atoms with Crippen LogP contribution in [0, 0.1) is 0 Å². The molecule has 0 aromatic carbocycles. The molecule has 612 valence electrons. The van der Waals surface area contributed by atoms with Crippen molar-refractivity contribution in [1.82, 2.24) is 0 Å². The van der Waals surface area contributed by atoms with Crippen molar-refractivity contribution in [3.63, 3.8) is 0 Å². The van der Waals surface area contributed by atoms with Gasteiger partial charge < -0.3 is 33.8 Å². The third-order valence-corrected chi connectivity index (χ3v) is 21.8. The molecule has 0 heterocycles. The number of aliphatic hydroxyl groups is 1. The highest BCUT2D eigenvalue weighted by Crippen LogP contribution is 2.45. The summed E-state index contributed by atoms with van der Waals surface area (Å²) in [6.07, 6.45) is 72.8. The Morgan fingerprint density at radius 3 is 0.573 bits per heavy atom. The number of hydrogen-bond donors (Lipinski definition) is 3. The number of rotatable bonds is 85. The summed E-state index contributed by atoms with van der Waals surface area (Å²) in [4.78, 5) is 72.8. The van der Waals surface area contributed by atoms with Gasteiger partial charge in [-0.2, -0.15) is 0 Å². The summed E-state index contributed by atoms with van der Waals surface area (Å²) in [7, 11) is -9.91. The molecule has 0 fully saturated rings. The predicted molar refractivity (Wildman–Crippen MR) is 423 cm³/mol. The van der Waals surface area contributed by atoms with Crippen molar-refractivity contribution in [3.8, 4) is 0 Å². The van der Waals surface area contributed by atoms with Crippen molar-refractivity contribution < 1.29 is 80.2 Å². The predicted octanol–water partition coefficient (Wildman–Crippen LogP) is 25.7. The van der Waals surface area contributed by atoms with Crippen LogP contribution in [0.15, 0.2) is 0 Å². The van der Waals surface area contributed by atoms with Crippen molar-refractivity contribution in [3.05, 3.63) is 0 Å². The normalized spacial score (nSPS) is 13.7. The quantitative estimate of drug-likeness (QED) is 0.0222. The fourth-order valence-electron chi connectivity index (χ4n) is 13.2. The Bertz CT molecular complexity index is 1950. The molecule has 0 bridgehead atoms. The van der Waals surface area contributed by atoms with Gasteiger partial charge in [0.25, 0.3) is 0 Å².